The number of hydrogen-bond acceptors (Lipinski definition) is 5. The molecule has 160 valence electrons. The minimum absolute atomic E-state index is 0.101. The van der Waals surface area contributed by atoms with Gasteiger partial charge >= 0.3 is 6.18 Å². The Morgan fingerprint density at radius 1 is 1.10 bits per heavy atom. The zero-order valence-corrected chi connectivity index (χ0v) is 18.0. The van der Waals surface area contributed by atoms with Crippen molar-refractivity contribution in [2.75, 3.05) is 11.9 Å². The van der Waals surface area contributed by atoms with Gasteiger partial charge in [-0.15, -0.1) is 0 Å². The molecule has 2 N–H and O–H groups in total. The van der Waals surface area contributed by atoms with Crippen molar-refractivity contribution in [2.24, 2.45) is 0 Å². The average molecular weight is 483 g/mol. The maximum absolute atomic E-state index is 12.4. The molecule has 0 aromatic carbocycles. The number of halogens is 4. The molecule has 0 unspecified atom stereocenters. The molecule has 0 saturated heterocycles. The molecule has 1 aliphatic carbocycles. The predicted octanol–water partition coefficient (Wildman–Crippen LogP) is 4.74. The van der Waals surface area contributed by atoms with Gasteiger partial charge in [-0.3, -0.25) is 4.40 Å². The second kappa shape index (κ2) is 8.50. The first-order valence-corrected chi connectivity index (χ1v) is 10.6. The van der Waals surface area contributed by atoms with Gasteiger partial charge in [0.25, 0.3) is 0 Å². The highest BCUT2D eigenvalue weighted by Crippen LogP contribution is 2.26. The largest absolute Gasteiger partial charge is 0.401 e. The van der Waals surface area contributed by atoms with Gasteiger partial charge in [0, 0.05) is 29.0 Å². The summed E-state index contributed by atoms with van der Waals surface area (Å²) in [6.07, 6.45) is 4.25. The highest BCUT2D eigenvalue weighted by Gasteiger charge is 2.29. The van der Waals surface area contributed by atoms with Gasteiger partial charge < -0.3 is 10.6 Å². The van der Waals surface area contributed by atoms with Gasteiger partial charge in [0.2, 0.25) is 5.95 Å². The third-order valence-electron chi connectivity index (χ3n) is 5.34. The molecule has 3 aromatic rings. The van der Waals surface area contributed by atoms with Crippen molar-refractivity contribution in [3.05, 3.63) is 40.8 Å². The summed E-state index contributed by atoms with van der Waals surface area (Å²) in [7, 11) is 0. The molecule has 3 aromatic heterocycles. The lowest BCUT2D eigenvalue weighted by Crippen LogP contribution is -2.41. The van der Waals surface area contributed by atoms with Crippen LogP contribution in [0.3, 0.4) is 0 Å². The SMILES string of the molecule is Cc1cnc(NC2CCC(NCC(F)(F)F)CC2)nc1-c1cnc2ccc(Br)cn12. The van der Waals surface area contributed by atoms with Gasteiger partial charge in [0.15, 0.2) is 0 Å². The van der Waals surface area contributed by atoms with E-state index >= 15 is 0 Å². The number of alkyl halides is 3. The third kappa shape index (κ3) is 4.92. The van der Waals surface area contributed by atoms with Crippen molar-refractivity contribution >= 4 is 27.5 Å². The van der Waals surface area contributed by atoms with Crippen LogP contribution in [0.4, 0.5) is 19.1 Å². The first kappa shape index (κ1) is 21.0. The molecule has 10 heteroatoms. The van der Waals surface area contributed by atoms with Crippen LogP contribution in [0.15, 0.2) is 35.2 Å². The van der Waals surface area contributed by atoms with E-state index in [1.54, 1.807) is 12.4 Å². The summed E-state index contributed by atoms with van der Waals surface area (Å²) in [4.78, 5) is 13.6. The van der Waals surface area contributed by atoms with E-state index in [4.69, 9.17) is 4.98 Å². The number of fused-ring (bicyclic) bond motifs is 1. The number of anilines is 1. The monoisotopic (exact) mass is 482 g/mol. The smallest absolute Gasteiger partial charge is 0.351 e. The quantitative estimate of drug-likeness (QED) is 0.549. The van der Waals surface area contributed by atoms with Crippen LogP contribution in [0, 0.1) is 6.92 Å². The molecule has 1 saturated carbocycles. The fraction of sp³-hybridized carbons (Fsp3) is 0.450. The zero-order valence-electron chi connectivity index (χ0n) is 16.4. The lowest BCUT2D eigenvalue weighted by molar-refractivity contribution is -0.126. The number of rotatable bonds is 5. The van der Waals surface area contributed by atoms with Crippen molar-refractivity contribution in [2.45, 2.75) is 50.9 Å². The highest BCUT2D eigenvalue weighted by atomic mass is 79.9. The molecule has 0 spiro atoms. The van der Waals surface area contributed by atoms with Gasteiger partial charge in [-0.05, 0) is 66.2 Å². The first-order valence-electron chi connectivity index (χ1n) is 9.82. The van der Waals surface area contributed by atoms with Crippen molar-refractivity contribution in [1.29, 1.82) is 0 Å². The Labute approximate surface area is 180 Å². The second-order valence-corrected chi connectivity index (χ2v) is 8.55. The zero-order chi connectivity index (χ0) is 21.3. The van der Waals surface area contributed by atoms with E-state index in [-0.39, 0.29) is 12.1 Å². The molecule has 4 rings (SSSR count). The van der Waals surface area contributed by atoms with E-state index in [1.165, 1.54) is 0 Å². The van der Waals surface area contributed by atoms with Crippen LogP contribution < -0.4 is 10.6 Å². The molecular weight excluding hydrogens is 461 g/mol. The van der Waals surface area contributed by atoms with Crippen LogP contribution in [-0.4, -0.2) is 44.2 Å². The number of pyridine rings is 1. The van der Waals surface area contributed by atoms with E-state index in [0.29, 0.717) is 18.8 Å². The van der Waals surface area contributed by atoms with E-state index < -0.39 is 12.7 Å². The lowest BCUT2D eigenvalue weighted by Gasteiger charge is -2.30. The van der Waals surface area contributed by atoms with Gasteiger partial charge in [-0.2, -0.15) is 13.2 Å². The molecule has 1 fully saturated rings. The Kier molecular flexibility index (Phi) is 5.97. The summed E-state index contributed by atoms with van der Waals surface area (Å²) < 4.78 is 40.1. The first-order chi connectivity index (χ1) is 14.3. The Morgan fingerprint density at radius 2 is 1.83 bits per heavy atom. The Bertz CT molecular complexity index is 1030. The number of nitrogens with zero attached hydrogens (tertiary/aromatic N) is 4. The van der Waals surface area contributed by atoms with Gasteiger partial charge in [-0.1, -0.05) is 0 Å². The summed E-state index contributed by atoms with van der Waals surface area (Å²) >= 11 is 3.49. The van der Waals surface area contributed by atoms with E-state index in [2.05, 4.69) is 36.5 Å². The topological polar surface area (TPSA) is 67.1 Å². The second-order valence-electron chi connectivity index (χ2n) is 7.63. The minimum atomic E-state index is -4.17. The maximum Gasteiger partial charge on any atom is 0.401 e. The highest BCUT2D eigenvalue weighted by molar-refractivity contribution is 9.10. The van der Waals surface area contributed by atoms with Gasteiger partial charge in [0.1, 0.15) is 5.65 Å². The van der Waals surface area contributed by atoms with Crippen molar-refractivity contribution in [3.8, 4) is 11.4 Å². The van der Waals surface area contributed by atoms with Gasteiger partial charge in [-0.25, -0.2) is 15.0 Å². The molecule has 0 atom stereocenters. The summed E-state index contributed by atoms with van der Waals surface area (Å²) in [5, 5.41) is 5.96. The van der Waals surface area contributed by atoms with Crippen LogP contribution in [0.25, 0.3) is 17.0 Å². The molecule has 0 amide bonds. The third-order valence-corrected chi connectivity index (χ3v) is 5.80. The van der Waals surface area contributed by atoms with Crippen molar-refractivity contribution in [3.63, 3.8) is 0 Å². The van der Waals surface area contributed by atoms with E-state index in [9.17, 15) is 13.2 Å². The number of hydrogen-bond donors (Lipinski definition) is 2. The summed E-state index contributed by atoms with van der Waals surface area (Å²) in [5.74, 6) is 0.521. The minimum Gasteiger partial charge on any atom is -0.351 e. The average Bonchev–Trinajstić information content (AvgIpc) is 3.11. The molecule has 3 heterocycles. The van der Waals surface area contributed by atoms with Crippen LogP contribution in [-0.2, 0) is 0 Å². The fourth-order valence-corrected chi connectivity index (χ4v) is 4.12. The predicted molar refractivity (Wildman–Crippen MR) is 112 cm³/mol. The lowest BCUT2D eigenvalue weighted by atomic mass is 9.91. The van der Waals surface area contributed by atoms with Crippen LogP contribution in [0.1, 0.15) is 31.2 Å². The molecule has 6 nitrogen and oxygen atoms in total. The maximum atomic E-state index is 12.4. The molecular formula is C20H22BrF3N6. The number of imidazole rings is 1. The Balaban J connectivity index is 1.45. The molecule has 0 radical (unpaired) electrons. The number of aryl methyl sites for hydroxylation is 1. The fourth-order valence-electron chi connectivity index (χ4n) is 3.79. The molecule has 0 bridgehead atoms. The van der Waals surface area contributed by atoms with Crippen LogP contribution >= 0.6 is 15.9 Å². The summed E-state index contributed by atoms with van der Waals surface area (Å²) in [5.41, 5.74) is 3.42. The summed E-state index contributed by atoms with van der Waals surface area (Å²) in [6, 6.07) is 3.90. The van der Waals surface area contributed by atoms with Crippen LogP contribution in [0.5, 0.6) is 0 Å². The van der Waals surface area contributed by atoms with Crippen LogP contribution in [0.2, 0.25) is 0 Å². The molecule has 0 aliphatic heterocycles. The Morgan fingerprint density at radius 3 is 2.57 bits per heavy atom. The van der Waals surface area contributed by atoms with Crippen molar-refractivity contribution < 1.29 is 13.2 Å². The van der Waals surface area contributed by atoms with Gasteiger partial charge in [0.05, 0.1) is 24.1 Å². The normalized spacial score (nSPS) is 19.9. The summed E-state index contributed by atoms with van der Waals surface area (Å²) in [6.45, 7) is 1.02. The molecule has 1 aliphatic rings. The Hall–Kier alpha value is -2.20. The molecule has 30 heavy (non-hydrogen) atoms. The van der Waals surface area contributed by atoms with E-state index in [1.807, 2.05) is 29.7 Å². The van der Waals surface area contributed by atoms with E-state index in [0.717, 1.165) is 39.9 Å². The standard InChI is InChI=1S/C20H22BrF3N6/c1-12-8-26-19(28-15-5-3-14(4-6-15)27-11-20(22,23)24)29-18(12)16-9-25-17-7-2-13(21)10-30(16)17/h2,7-10,14-15,27H,3-6,11H2,1H3,(H,26,28,29). The number of aromatic nitrogens is 4. The number of nitrogens with one attached hydrogen (secondary N) is 2. The van der Waals surface area contributed by atoms with Crippen molar-refractivity contribution in [1.82, 2.24) is 24.7 Å².